The number of methoxy groups -OCH3 is 2. The van der Waals surface area contributed by atoms with Crippen molar-refractivity contribution in [1.82, 2.24) is 5.43 Å². The van der Waals surface area contributed by atoms with E-state index in [2.05, 4.69) is 31.8 Å². The molecule has 2 N–H and O–H groups in total. The minimum atomic E-state index is -0.542. The molecule has 0 aliphatic heterocycles. The van der Waals surface area contributed by atoms with Gasteiger partial charge in [-0.05, 0) is 52.7 Å². The molecule has 0 heterocycles. The number of nitrogens with zero attached hydrogens (tertiary/aromatic N) is 1. The summed E-state index contributed by atoms with van der Waals surface area (Å²) in [6.07, 6.45) is 1.08. The molecule has 2 aromatic carbocycles. The summed E-state index contributed by atoms with van der Waals surface area (Å²) in [7, 11) is 3.08. The van der Waals surface area contributed by atoms with Gasteiger partial charge in [-0.1, -0.05) is 6.07 Å². The predicted octanol–water partition coefficient (Wildman–Crippen LogP) is 3.34. The van der Waals surface area contributed by atoms with E-state index in [0.29, 0.717) is 39.6 Å². The maximum Gasteiger partial charge on any atom is 0.249 e. The topological polar surface area (TPSA) is 98.2 Å². The van der Waals surface area contributed by atoms with Gasteiger partial charge >= 0.3 is 0 Å². The molecule has 0 fully saturated rings. The smallest absolute Gasteiger partial charge is 0.249 e. The summed E-state index contributed by atoms with van der Waals surface area (Å²) in [5.74, 6) is 0.724. The molecule has 29 heavy (non-hydrogen) atoms. The van der Waals surface area contributed by atoms with Gasteiger partial charge < -0.3 is 19.5 Å². The number of amides is 2. The quantitative estimate of drug-likeness (QED) is 0.337. The average Bonchev–Trinajstić information content (AvgIpc) is 2.68. The van der Waals surface area contributed by atoms with Crippen molar-refractivity contribution in [2.24, 2.45) is 5.10 Å². The third-order valence-corrected chi connectivity index (χ3v) is 4.20. The number of hydrogen-bond acceptors (Lipinski definition) is 6. The van der Waals surface area contributed by atoms with Crippen LogP contribution in [0.3, 0.4) is 0 Å². The van der Waals surface area contributed by atoms with Crippen LogP contribution in [0, 0.1) is 0 Å². The molecule has 0 atom stereocenters. The largest absolute Gasteiger partial charge is 0.497 e. The molecule has 2 aromatic rings. The zero-order valence-corrected chi connectivity index (χ0v) is 17.9. The van der Waals surface area contributed by atoms with Crippen LogP contribution in [0.15, 0.2) is 46.0 Å². The van der Waals surface area contributed by atoms with E-state index < -0.39 is 11.8 Å². The lowest BCUT2D eigenvalue weighted by molar-refractivity contribution is -0.126. The lowest BCUT2D eigenvalue weighted by Gasteiger charge is -2.11. The van der Waals surface area contributed by atoms with Crippen molar-refractivity contribution >= 4 is 39.6 Å². The van der Waals surface area contributed by atoms with Crippen molar-refractivity contribution in [3.63, 3.8) is 0 Å². The van der Waals surface area contributed by atoms with Crippen LogP contribution in [0.4, 0.5) is 5.69 Å². The van der Waals surface area contributed by atoms with Crippen molar-refractivity contribution in [3.05, 3.63) is 46.4 Å². The van der Waals surface area contributed by atoms with Gasteiger partial charge in [-0.2, -0.15) is 5.10 Å². The van der Waals surface area contributed by atoms with Crippen LogP contribution in [0.25, 0.3) is 0 Å². The minimum Gasteiger partial charge on any atom is -0.497 e. The van der Waals surface area contributed by atoms with Crippen LogP contribution in [0.2, 0.25) is 0 Å². The molecule has 2 amide bonds. The molecule has 0 aliphatic carbocycles. The van der Waals surface area contributed by atoms with E-state index in [1.54, 1.807) is 43.5 Å². The van der Waals surface area contributed by atoms with Crippen molar-refractivity contribution in [3.8, 4) is 17.2 Å². The van der Waals surface area contributed by atoms with Crippen molar-refractivity contribution in [1.29, 1.82) is 0 Å². The van der Waals surface area contributed by atoms with Crippen LogP contribution in [0.1, 0.15) is 18.9 Å². The maximum absolute atomic E-state index is 12.0. The maximum atomic E-state index is 12.0. The minimum absolute atomic E-state index is 0.370. The second kappa shape index (κ2) is 11.1. The molecular weight excluding hydrogens is 442 g/mol. The van der Waals surface area contributed by atoms with Gasteiger partial charge in [0.2, 0.25) is 11.8 Å². The second-order valence-corrected chi connectivity index (χ2v) is 6.57. The fraction of sp³-hybridized carbons (Fsp3) is 0.250. The van der Waals surface area contributed by atoms with E-state index in [4.69, 9.17) is 14.2 Å². The number of hydrazone groups is 1. The first kappa shape index (κ1) is 22.2. The molecule has 0 aliphatic rings. The third-order valence-electron chi connectivity index (χ3n) is 3.61. The number of carbonyl (C=O) groups is 2. The highest BCUT2D eigenvalue weighted by atomic mass is 79.9. The van der Waals surface area contributed by atoms with Crippen LogP contribution in [-0.2, 0) is 9.59 Å². The van der Waals surface area contributed by atoms with E-state index in [1.165, 1.54) is 13.3 Å². The van der Waals surface area contributed by atoms with E-state index in [-0.39, 0.29) is 6.42 Å². The number of nitrogens with one attached hydrogen (secondary N) is 2. The first-order chi connectivity index (χ1) is 14.0. The Kier molecular flexibility index (Phi) is 8.47. The van der Waals surface area contributed by atoms with Crippen molar-refractivity contribution in [2.45, 2.75) is 13.3 Å². The summed E-state index contributed by atoms with van der Waals surface area (Å²) in [6.45, 7) is 2.34. The van der Waals surface area contributed by atoms with Crippen LogP contribution < -0.4 is 25.0 Å². The number of rotatable bonds is 9. The highest BCUT2D eigenvalue weighted by molar-refractivity contribution is 9.10. The van der Waals surface area contributed by atoms with Gasteiger partial charge in [-0.15, -0.1) is 0 Å². The monoisotopic (exact) mass is 463 g/mol. The molecule has 0 bridgehead atoms. The third kappa shape index (κ3) is 6.79. The number of benzene rings is 2. The number of halogens is 1. The Hall–Kier alpha value is -3.07. The summed E-state index contributed by atoms with van der Waals surface area (Å²) in [5, 5.41) is 6.51. The lowest BCUT2D eigenvalue weighted by Crippen LogP contribution is -2.24. The second-order valence-electron chi connectivity index (χ2n) is 5.72. The molecule has 0 unspecified atom stereocenters. The van der Waals surface area contributed by atoms with Crippen LogP contribution >= 0.6 is 15.9 Å². The first-order valence-electron chi connectivity index (χ1n) is 8.73. The van der Waals surface area contributed by atoms with Crippen molar-refractivity contribution < 1.29 is 23.8 Å². The van der Waals surface area contributed by atoms with Gasteiger partial charge in [0.25, 0.3) is 0 Å². The number of hydrogen-bond donors (Lipinski definition) is 2. The zero-order chi connectivity index (χ0) is 21.2. The summed E-state index contributed by atoms with van der Waals surface area (Å²) in [4.78, 5) is 23.9. The molecule has 0 aromatic heterocycles. The molecule has 9 heteroatoms. The molecule has 0 radical (unpaired) electrons. The van der Waals surface area contributed by atoms with E-state index in [1.807, 2.05) is 6.92 Å². The van der Waals surface area contributed by atoms with Gasteiger partial charge in [-0.3, -0.25) is 9.59 Å². The SMILES string of the molecule is CCOc1cc(C=NNC(=O)CC(=O)Nc2cccc(OC)c2)cc(Br)c1OC. The zero-order valence-electron chi connectivity index (χ0n) is 16.3. The van der Waals surface area contributed by atoms with Crippen molar-refractivity contribution in [2.75, 3.05) is 26.1 Å². The Labute approximate surface area is 177 Å². The molecule has 0 spiro atoms. The van der Waals surface area contributed by atoms with Gasteiger partial charge in [0.1, 0.15) is 12.2 Å². The van der Waals surface area contributed by atoms with Gasteiger partial charge in [-0.25, -0.2) is 5.43 Å². The summed E-state index contributed by atoms with van der Waals surface area (Å²) in [6, 6.07) is 10.4. The lowest BCUT2D eigenvalue weighted by atomic mass is 10.2. The number of carbonyl (C=O) groups excluding carboxylic acids is 2. The Morgan fingerprint density at radius 3 is 2.62 bits per heavy atom. The summed E-state index contributed by atoms with van der Waals surface area (Å²) >= 11 is 3.41. The molecular formula is C20H22BrN3O5. The molecule has 8 nitrogen and oxygen atoms in total. The highest BCUT2D eigenvalue weighted by Gasteiger charge is 2.11. The normalized spacial score (nSPS) is 10.5. The number of anilines is 1. The Morgan fingerprint density at radius 2 is 1.93 bits per heavy atom. The van der Waals surface area contributed by atoms with E-state index in [9.17, 15) is 9.59 Å². The average molecular weight is 464 g/mol. The van der Waals surface area contributed by atoms with Gasteiger partial charge in [0.15, 0.2) is 11.5 Å². The Morgan fingerprint density at radius 1 is 1.14 bits per heavy atom. The van der Waals surface area contributed by atoms with E-state index in [0.717, 1.165) is 0 Å². The summed E-state index contributed by atoms with van der Waals surface area (Å²) in [5.41, 5.74) is 3.55. The molecule has 2 rings (SSSR count). The number of ether oxygens (including phenoxy) is 3. The van der Waals surface area contributed by atoms with E-state index >= 15 is 0 Å². The Bertz CT molecular complexity index is 902. The highest BCUT2D eigenvalue weighted by Crippen LogP contribution is 2.36. The molecule has 154 valence electrons. The summed E-state index contributed by atoms with van der Waals surface area (Å²) < 4.78 is 16.6. The molecule has 0 saturated heterocycles. The van der Waals surface area contributed by atoms with Gasteiger partial charge in [0, 0.05) is 11.8 Å². The predicted molar refractivity (Wildman–Crippen MR) is 114 cm³/mol. The standard InChI is InChI=1S/C20H22BrN3O5/c1-4-29-17-9-13(8-16(21)20(17)28-3)12-22-24-19(26)11-18(25)23-14-6-5-7-15(10-14)27-2/h5-10,12H,4,11H2,1-3H3,(H,23,25)(H,24,26). The molecule has 0 saturated carbocycles. The van der Waals surface area contributed by atoms with Gasteiger partial charge in [0.05, 0.1) is 31.5 Å². The Balaban J connectivity index is 1.92. The first-order valence-corrected chi connectivity index (χ1v) is 9.52. The fourth-order valence-electron chi connectivity index (χ4n) is 2.39. The fourth-order valence-corrected chi connectivity index (χ4v) is 3.02. The van der Waals surface area contributed by atoms with Crippen LogP contribution in [-0.4, -0.2) is 38.9 Å². The van der Waals surface area contributed by atoms with Crippen LogP contribution in [0.5, 0.6) is 17.2 Å².